The zero-order chi connectivity index (χ0) is 13.1. The number of nitriles is 1. The van der Waals surface area contributed by atoms with Gasteiger partial charge in [-0.05, 0) is 29.8 Å². The lowest BCUT2D eigenvalue weighted by Gasteiger charge is -2.11. The molecule has 0 saturated carbocycles. The molecule has 0 bridgehead atoms. The lowest BCUT2D eigenvalue weighted by Crippen LogP contribution is -2.19. The summed E-state index contributed by atoms with van der Waals surface area (Å²) < 4.78 is 15.8. The molecule has 2 aromatic rings. The molecule has 0 aliphatic carbocycles. The first-order valence-corrected chi connectivity index (χ1v) is 5.92. The molecule has 2 heterocycles. The van der Waals surface area contributed by atoms with Crippen molar-refractivity contribution in [1.29, 1.82) is 5.26 Å². The van der Waals surface area contributed by atoms with Crippen molar-refractivity contribution in [2.75, 3.05) is 6.79 Å². The Morgan fingerprint density at radius 3 is 2.95 bits per heavy atom. The maximum Gasteiger partial charge on any atom is 0.231 e. The van der Waals surface area contributed by atoms with Gasteiger partial charge in [-0.2, -0.15) is 5.26 Å². The number of nitrogens with one attached hydrogen (secondary N) is 1. The van der Waals surface area contributed by atoms with E-state index in [1.54, 1.807) is 6.26 Å². The zero-order valence-electron chi connectivity index (χ0n) is 10.1. The average Bonchev–Trinajstić information content (AvgIpc) is 3.09. The molecule has 0 spiro atoms. The highest BCUT2D eigenvalue weighted by atomic mass is 16.7. The van der Waals surface area contributed by atoms with Crippen LogP contribution in [-0.2, 0) is 6.54 Å². The van der Waals surface area contributed by atoms with Gasteiger partial charge in [0, 0.05) is 0 Å². The fourth-order valence-corrected chi connectivity index (χ4v) is 1.95. The molecule has 5 nitrogen and oxygen atoms in total. The summed E-state index contributed by atoms with van der Waals surface area (Å²) in [4.78, 5) is 0. The monoisotopic (exact) mass is 256 g/mol. The largest absolute Gasteiger partial charge is 0.468 e. The first kappa shape index (κ1) is 11.6. The fourth-order valence-electron chi connectivity index (χ4n) is 1.95. The molecule has 1 aliphatic heterocycles. The predicted octanol–water partition coefficient (Wildman–Crippen LogP) is 2.36. The number of ether oxygens (including phenoxy) is 2. The Labute approximate surface area is 110 Å². The fraction of sp³-hybridized carbons (Fsp3) is 0.214. The molecule has 1 unspecified atom stereocenters. The normalized spacial score (nSPS) is 14.1. The number of benzene rings is 1. The van der Waals surface area contributed by atoms with Crippen molar-refractivity contribution in [2.24, 2.45) is 0 Å². The van der Waals surface area contributed by atoms with Gasteiger partial charge in [0.15, 0.2) is 11.5 Å². The van der Waals surface area contributed by atoms with Gasteiger partial charge in [0.1, 0.15) is 11.8 Å². The van der Waals surface area contributed by atoms with E-state index in [0.717, 1.165) is 11.3 Å². The van der Waals surface area contributed by atoms with E-state index in [0.29, 0.717) is 18.0 Å². The Morgan fingerprint density at radius 1 is 1.26 bits per heavy atom. The van der Waals surface area contributed by atoms with Crippen LogP contribution in [0.2, 0.25) is 0 Å². The molecule has 1 atom stereocenters. The van der Waals surface area contributed by atoms with Gasteiger partial charge >= 0.3 is 0 Å². The summed E-state index contributed by atoms with van der Waals surface area (Å²) in [5, 5.41) is 12.4. The second-order valence-electron chi connectivity index (χ2n) is 4.14. The van der Waals surface area contributed by atoms with Gasteiger partial charge < -0.3 is 13.9 Å². The smallest absolute Gasteiger partial charge is 0.231 e. The van der Waals surface area contributed by atoms with Crippen LogP contribution in [0, 0.1) is 11.3 Å². The minimum absolute atomic E-state index is 0.232. The van der Waals surface area contributed by atoms with Gasteiger partial charge in [-0.1, -0.05) is 6.07 Å². The highest BCUT2D eigenvalue weighted by Crippen LogP contribution is 2.34. The topological polar surface area (TPSA) is 67.4 Å². The highest BCUT2D eigenvalue weighted by Gasteiger charge is 2.17. The van der Waals surface area contributed by atoms with Crippen molar-refractivity contribution in [3.8, 4) is 17.6 Å². The Kier molecular flexibility index (Phi) is 3.09. The molecule has 19 heavy (non-hydrogen) atoms. The summed E-state index contributed by atoms with van der Waals surface area (Å²) in [6.45, 7) is 0.732. The third-order valence-corrected chi connectivity index (χ3v) is 2.92. The molecule has 1 N–H and O–H groups in total. The molecule has 1 aromatic heterocycles. The molecule has 0 radical (unpaired) electrons. The third kappa shape index (κ3) is 2.39. The standard InChI is InChI=1S/C14H12N2O3/c15-7-12(16-8-11-2-1-5-17-11)10-3-4-13-14(6-10)19-9-18-13/h1-6,12,16H,8-9H2. The van der Waals surface area contributed by atoms with E-state index in [1.807, 2.05) is 30.3 Å². The molecular formula is C14H12N2O3. The van der Waals surface area contributed by atoms with Gasteiger partial charge in [-0.15, -0.1) is 0 Å². The van der Waals surface area contributed by atoms with Crippen molar-refractivity contribution >= 4 is 0 Å². The zero-order valence-corrected chi connectivity index (χ0v) is 10.1. The van der Waals surface area contributed by atoms with Crippen LogP contribution < -0.4 is 14.8 Å². The van der Waals surface area contributed by atoms with Gasteiger partial charge in [-0.25, -0.2) is 0 Å². The molecule has 0 fully saturated rings. The van der Waals surface area contributed by atoms with Crippen LogP contribution in [0.5, 0.6) is 11.5 Å². The van der Waals surface area contributed by atoms with Gasteiger partial charge in [-0.3, -0.25) is 5.32 Å². The number of fused-ring (bicyclic) bond motifs is 1. The molecule has 3 rings (SSSR count). The molecule has 0 amide bonds. The van der Waals surface area contributed by atoms with E-state index in [1.165, 1.54) is 0 Å². The van der Waals surface area contributed by atoms with E-state index in [9.17, 15) is 5.26 Å². The van der Waals surface area contributed by atoms with Gasteiger partial charge in [0.25, 0.3) is 0 Å². The Morgan fingerprint density at radius 2 is 2.16 bits per heavy atom. The van der Waals surface area contributed by atoms with E-state index in [-0.39, 0.29) is 6.79 Å². The van der Waals surface area contributed by atoms with Crippen LogP contribution in [0.15, 0.2) is 41.0 Å². The minimum atomic E-state index is -0.417. The van der Waals surface area contributed by atoms with Crippen LogP contribution in [0.4, 0.5) is 0 Å². The van der Waals surface area contributed by atoms with E-state index in [2.05, 4.69) is 11.4 Å². The number of nitrogens with zero attached hydrogens (tertiary/aromatic N) is 1. The minimum Gasteiger partial charge on any atom is -0.468 e. The summed E-state index contributed by atoms with van der Waals surface area (Å²) in [6.07, 6.45) is 1.61. The average molecular weight is 256 g/mol. The molecule has 1 aromatic carbocycles. The third-order valence-electron chi connectivity index (χ3n) is 2.92. The number of furan rings is 1. The molecular weight excluding hydrogens is 244 g/mol. The second-order valence-corrected chi connectivity index (χ2v) is 4.14. The lowest BCUT2D eigenvalue weighted by molar-refractivity contribution is 0.174. The summed E-state index contributed by atoms with van der Waals surface area (Å²) in [5.41, 5.74) is 0.846. The van der Waals surface area contributed by atoms with Crippen molar-refractivity contribution in [3.05, 3.63) is 47.9 Å². The van der Waals surface area contributed by atoms with Crippen molar-refractivity contribution < 1.29 is 13.9 Å². The number of hydrogen-bond donors (Lipinski definition) is 1. The molecule has 96 valence electrons. The van der Waals surface area contributed by atoms with Gasteiger partial charge in [0.05, 0.1) is 18.9 Å². The SMILES string of the molecule is N#CC(NCc1ccco1)c1ccc2c(c1)OCO2. The first-order valence-electron chi connectivity index (χ1n) is 5.92. The van der Waals surface area contributed by atoms with E-state index in [4.69, 9.17) is 13.9 Å². The summed E-state index contributed by atoms with van der Waals surface area (Å²) in [7, 11) is 0. The van der Waals surface area contributed by atoms with E-state index < -0.39 is 6.04 Å². The number of hydrogen-bond acceptors (Lipinski definition) is 5. The van der Waals surface area contributed by atoms with Crippen LogP contribution in [0.3, 0.4) is 0 Å². The van der Waals surface area contributed by atoms with Crippen LogP contribution in [-0.4, -0.2) is 6.79 Å². The lowest BCUT2D eigenvalue weighted by atomic mass is 10.1. The van der Waals surface area contributed by atoms with Crippen LogP contribution in [0.25, 0.3) is 0 Å². The maximum absolute atomic E-state index is 9.24. The molecule has 1 aliphatic rings. The molecule has 5 heteroatoms. The van der Waals surface area contributed by atoms with Crippen molar-refractivity contribution in [2.45, 2.75) is 12.6 Å². The summed E-state index contributed by atoms with van der Waals surface area (Å²) in [5.74, 6) is 2.19. The predicted molar refractivity (Wildman–Crippen MR) is 66.5 cm³/mol. The van der Waals surface area contributed by atoms with Gasteiger partial charge in [0.2, 0.25) is 6.79 Å². The Balaban J connectivity index is 1.73. The Hall–Kier alpha value is -2.45. The van der Waals surface area contributed by atoms with Crippen molar-refractivity contribution in [3.63, 3.8) is 0 Å². The first-order chi connectivity index (χ1) is 9.36. The highest BCUT2D eigenvalue weighted by molar-refractivity contribution is 5.46. The summed E-state index contributed by atoms with van der Waals surface area (Å²) in [6, 6.07) is 11.0. The van der Waals surface area contributed by atoms with Crippen molar-refractivity contribution in [1.82, 2.24) is 5.32 Å². The maximum atomic E-state index is 9.24. The Bertz CT molecular complexity index is 602. The second kappa shape index (κ2) is 5.04. The van der Waals surface area contributed by atoms with E-state index >= 15 is 0 Å². The van der Waals surface area contributed by atoms with Crippen LogP contribution >= 0.6 is 0 Å². The summed E-state index contributed by atoms with van der Waals surface area (Å²) >= 11 is 0. The molecule has 0 saturated heterocycles. The number of rotatable bonds is 4. The van der Waals surface area contributed by atoms with Crippen LogP contribution in [0.1, 0.15) is 17.4 Å². The quantitative estimate of drug-likeness (QED) is 0.909.